The van der Waals surface area contributed by atoms with Crippen molar-refractivity contribution in [2.24, 2.45) is 0 Å². The molecule has 0 aliphatic carbocycles. The predicted molar refractivity (Wildman–Crippen MR) is 76.4 cm³/mol. The van der Waals surface area contributed by atoms with E-state index >= 15 is 0 Å². The van der Waals surface area contributed by atoms with Gasteiger partial charge in [-0.1, -0.05) is 15.9 Å². The van der Waals surface area contributed by atoms with Gasteiger partial charge in [0.15, 0.2) is 5.78 Å². The van der Waals surface area contributed by atoms with Crippen molar-refractivity contribution in [2.45, 2.75) is 6.92 Å². The second-order valence-electron chi connectivity index (χ2n) is 3.98. The Morgan fingerprint density at radius 1 is 1.06 bits per heavy atom. The minimum absolute atomic E-state index is 0.125. The average molecular weight is 372 g/mol. The van der Waals surface area contributed by atoms with Crippen LogP contribution in [0.1, 0.15) is 21.5 Å². The maximum Gasteiger partial charge on any atom is 0.193 e. The Bertz CT molecular complexity index is 603. The Hall–Kier alpha value is -1.00. The third-order valence-corrected chi connectivity index (χ3v) is 3.55. The largest absolute Gasteiger partial charge is 0.289 e. The Morgan fingerprint density at radius 3 is 2.39 bits per heavy atom. The van der Waals surface area contributed by atoms with Crippen LogP contribution in [-0.2, 0) is 0 Å². The van der Waals surface area contributed by atoms with Crippen molar-refractivity contribution in [1.82, 2.24) is 0 Å². The van der Waals surface area contributed by atoms with Crippen LogP contribution in [0.4, 0.5) is 4.39 Å². The Balaban J connectivity index is 2.44. The zero-order valence-corrected chi connectivity index (χ0v) is 12.7. The molecule has 4 heteroatoms. The Morgan fingerprint density at radius 2 is 1.78 bits per heavy atom. The first-order valence-corrected chi connectivity index (χ1v) is 6.83. The molecule has 0 N–H and O–H groups in total. The first kappa shape index (κ1) is 13.4. The van der Waals surface area contributed by atoms with E-state index in [1.165, 1.54) is 18.2 Å². The van der Waals surface area contributed by atoms with Gasteiger partial charge in [-0.05, 0) is 64.8 Å². The molecule has 0 aliphatic heterocycles. The number of aryl methyl sites for hydroxylation is 1. The van der Waals surface area contributed by atoms with E-state index in [2.05, 4.69) is 31.9 Å². The lowest BCUT2D eigenvalue weighted by Gasteiger charge is -2.05. The van der Waals surface area contributed by atoms with Crippen LogP contribution in [0.2, 0.25) is 0 Å². The zero-order chi connectivity index (χ0) is 13.3. The van der Waals surface area contributed by atoms with Crippen LogP contribution in [0, 0.1) is 12.7 Å². The smallest absolute Gasteiger partial charge is 0.193 e. The highest BCUT2D eigenvalue weighted by atomic mass is 79.9. The summed E-state index contributed by atoms with van der Waals surface area (Å²) in [7, 11) is 0. The van der Waals surface area contributed by atoms with Crippen LogP contribution in [-0.4, -0.2) is 5.78 Å². The monoisotopic (exact) mass is 370 g/mol. The molecule has 0 radical (unpaired) electrons. The fourth-order valence-electron chi connectivity index (χ4n) is 1.67. The van der Waals surface area contributed by atoms with Crippen molar-refractivity contribution in [2.75, 3.05) is 0 Å². The van der Waals surface area contributed by atoms with E-state index < -0.39 is 0 Å². The van der Waals surface area contributed by atoms with Gasteiger partial charge in [-0.15, -0.1) is 0 Å². The average Bonchev–Trinajstić information content (AvgIpc) is 2.30. The van der Waals surface area contributed by atoms with E-state index in [1.807, 2.05) is 19.1 Å². The molecular formula is C14H9Br2FO. The summed E-state index contributed by atoms with van der Waals surface area (Å²) in [5.41, 5.74) is 2.04. The first-order chi connectivity index (χ1) is 8.47. The molecule has 0 fully saturated rings. The maximum absolute atomic E-state index is 13.1. The lowest BCUT2D eigenvalue weighted by molar-refractivity contribution is 0.103. The molecule has 0 spiro atoms. The fraction of sp³-hybridized carbons (Fsp3) is 0.0714. The van der Waals surface area contributed by atoms with Crippen LogP contribution < -0.4 is 0 Å². The molecule has 18 heavy (non-hydrogen) atoms. The summed E-state index contributed by atoms with van der Waals surface area (Å²) < 4.78 is 14.3. The molecule has 0 saturated carbocycles. The standard InChI is InChI=1S/C14H9Br2FO/c1-8-4-10(6-11(15)5-8)14(18)9-2-3-13(17)12(16)7-9/h2-7H,1H3. The number of benzene rings is 2. The summed E-state index contributed by atoms with van der Waals surface area (Å²) in [5, 5.41) is 0. The SMILES string of the molecule is Cc1cc(Br)cc(C(=O)c2ccc(F)c(Br)c2)c1. The van der Waals surface area contributed by atoms with Crippen molar-refractivity contribution in [1.29, 1.82) is 0 Å². The summed E-state index contributed by atoms with van der Waals surface area (Å²) in [5.74, 6) is -0.503. The summed E-state index contributed by atoms with van der Waals surface area (Å²) in [4.78, 5) is 12.3. The topological polar surface area (TPSA) is 17.1 Å². The predicted octanol–water partition coefficient (Wildman–Crippen LogP) is 4.89. The Labute approximate surface area is 121 Å². The second-order valence-corrected chi connectivity index (χ2v) is 5.75. The van der Waals surface area contributed by atoms with Crippen molar-refractivity contribution in [3.8, 4) is 0 Å². The third-order valence-electron chi connectivity index (χ3n) is 2.49. The van der Waals surface area contributed by atoms with Crippen LogP contribution in [0.25, 0.3) is 0 Å². The minimum atomic E-state index is -0.378. The molecule has 0 unspecified atom stereocenters. The van der Waals surface area contributed by atoms with Gasteiger partial charge < -0.3 is 0 Å². The number of ketones is 1. The molecule has 0 atom stereocenters. The van der Waals surface area contributed by atoms with E-state index in [-0.39, 0.29) is 11.6 Å². The van der Waals surface area contributed by atoms with E-state index in [1.54, 1.807) is 6.07 Å². The zero-order valence-electron chi connectivity index (χ0n) is 9.51. The molecule has 0 amide bonds. The molecule has 0 saturated heterocycles. The molecule has 0 bridgehead atoms. The van der Waals surface area contributed by atoms with E-state index in [0.29, 0.717) is 15.6 Å². The summed E-state index contributed by atoms with van der Waals surface area (Å²) in [6.45, 7) is 1.92. The van der Waals surface area contributed by atoms with Gasteiger partial charge >= 0.3 is 0 Å². The molecule has 0 aromatic heterocycles. The second kappa shape index (κ2) is 5.33. The van der Waals surface area contributed by atoms with Crippen LogP contribution in [0.15, 0.2) is 45.3 Å². The summed E-state index contributed by atoms with van der Waals surface area (Å²) in [6, 6.07) is 9.75. The number of carbonyl (C=O) groups excluding carboxylic acids is 1. The van der Waals surface area contributed by atoms with Gasteiger partial charge in [0.1, 0.15) is 5.82 Å². The van der Waals surface area contributed by atoms with Crippen molar-refractivity contribution < 1.29 is 9.18 Å². The molecule has 2 rings (SSSR count). The van der Waals surface area contributed by atoms with E-state index in [0.717, 1.165) is 10.0 Å². The molecule has 92 valence electrons. The van der Waals surface area contributed by atoms with Gasteiger partial charge in [0.05, 0.1) is 4.47 Å². The van der Waals surface area contributed by atoms with Gasteiger partial charge in [-0.3, -0.25) is 4.79 Å². The van der Waals surface area contributed by atoms with Crippen molar-refractivity contribution in [3.63, 3.8) is 0 Å². The van der Waals surface area contributed by atoms with Gasteiger partial charge in [-0.2, -0.15) is 0 Å². The normalized spacial score (nSPS) is 10.4. The van der Waals surface area contributed by atoms with Gasteiger partial charge in [0.25, 0.3) is 0 Å². The highest BCUT2D eigenvalue weighted by Gasteiger charge is 2.12. The molecule has 1 nitrogen and oxygen atoms in total. The highest BCUT2D eigenvalue weighted by Crippen LogP contribution is 2.21. The number of hydrogen-bond acceptors (Lipinski definition) is 1. The lowest BCUT2D eigenvalue weighted by atomic mass is 10.0. The van der Waals surface area contributed by atoms with E-state index in [9.17, 15) is 9.18 Å². The number of hydrogen-bond donors (Lipinski definition) is 0. The lowest BCUT2D eigenvalue weighted by Crippen LogP contribution is -2.02. The summed E-state index contributed by atoms with van der Waals surface area (Å²) >= 11 is 6.44. The number of carbonyl (C=O) groups is 1. The quantitative estimate of drug-likeness (QED) is 0.687. The first-order valence-electron chi connectivity index (χ1n) is 5.24. The summed E-state index contributed by atoms with van der Waals surface area (Å²) in [6.07, 6.45) is 0. The van der Waals surface area contributed by atoms with Gasteiger partial charge in [0.2, 0.25) is 0 Å². The minimum Gasteiger partial charge on any atom is -0.289 e. The third kappa shape index (κ3) is 2.87. The van der Waals surface area contributed by atoms with Crippen LogP contribution in [0.5, 0.6) is 0 Å². The van der Waals surface area contributed by atoms with Gasteiger partial charge in [0, 0.05) is 15.6 Å². The number of halogens is 3. The highest BCUT2D eigenvalue weighted by molar-refractivity contribution is 9.10. The molecule has 0 heterocycles. The van der Waals surface area contributed by atoms with Crippen molar-refractivity contribution in [3.05, 3.63) is 67.9 Å². The maximum atomic E-state index is 13.1. The van der Waals surface area contributed by atoms with Crippen molar-refractivity contribution >= 4 is 37.6 Å². The van der Waals surface area contributed by atoms with Crippen LogP contribution in [0.3, 0.4) is 0 Å². The molecular weight excluding hydrogens is 363 g/mol. The van der Waals surface area contributed by atoms with Gasteiger partial charge in [-0.25, -0.2) is 4.39 Å². The van der Waals surface area contributed by atoms with Crippen LogP contribution >= 0.6 is 31.9 Å². The molecule has 2 aromatic rings. The number of rotatable bonds is 2. The van der Waals surface area contributed by atoms with E-state index in [4.69, 9.17) is 0 Å². The molecule has 0 aliphatic rings. The molecule has 2 aromatic carbocycles. The Kier molecular flexibility index (Phi) is 3.97. The fourth-order valence-corrected chi connectivity index (χ4v) is 2.66.